The summed E-state index contributed by atoms with van der Waals surface area (Å²) in [6.45, 7) is 4.83. The van der Waals surface area contributed by atoms with Gasteiger partial charge in [0.25, 0.3) is 5.91 Å². The van der Waals surface area contributed by atoms with Crippen molar-refractivity contribution in [3.63, 3.8) is 0 Å². The van der Waals surface area contributed by atoms with Crippen LogP contribution in [0.25, 0.3) is 0 Å². The first kappa shape index (κ1) is 28.1. The van der Waals surface area contributed by atoms with Crippen molar-refractivity contribution >= 4 is 11.8 Å². The Morgan fingerprint density at radius 2 is 1.93 bits per heavy atom. The molecule has 3 saturated heterocycles. The molecule has 1 aromatic heterocycles. The fourth-order valence-electron chi connectivity index (χ4n) is 6.66. The van der Waals surface area contributed by atoms with Gasteiger partial charge in [0, 0.05) is 45.8 Å². The average molecular weight is 568 g/mol. The molecule has 2 N–H and O–H groups in total. The minimum atomic E-state index is -0.611. The third kappa shape index (κ3) is 6.25. The third-order valence-corrected chi connectivity index (χ3v) is 8.86. The van der Waals surface area contributed by atoms with E-state index < -0.39 is 6.04 Å². The minimum Gasteiger partial charge on any atom is -0.493 e. The van der Waals surface area contributed by atoms with Gasteiger partial charge in [-0.2, -0.15) is 0 Å². The zero-order valence-electron chi connectivity index (χ0n) is 23.7. The number of ether oxygens (including phenoxy) is 3. The molecule has 2 bridgehead atoms. The van der Waals surface area contributed by atoms with Crippen LogP contribution in [0.3, 0.4) is 0 Å². The van der Waals surface area contributed by atoms with E-state index >= 15 is 0 Å². The maximum atomic E-state index is 13.9. The number of carbonyl (C=O) groups excluding carboxylic acids is 2. The number of fused-ring (bicyclic) bond motifs is 4. The Kier molecular flexibility index (Phi) is 8.80. The van der Waals surface area contributed by atoms with E-state index in [1.54, 1.807) is 18.1 Å². The SMILES string of the molecule is COCc1cn([C@@H]2CC[C@H]3CCOc4ccccc4C(=O)N4CCN(C5CCNCC5)C[C@H]4C(=O)NC[C@H]2O3)nn1. The van der Waals surface area contributed by atoms with Gasteiger partial charge in [-0.15, -0.1) is 5.10 Å². The molecule has 5 heterocycles. The van der Waals surface area contributed by atoms with Crippen molar-refractivity contribution in [2.75, 3.05) is 53.0 Å². The van der Waals surface area contributed by atoms with E-state index in [-0.39, 0.29) is 30.1 Å². The molecule has 12 heteroatoms. The highest BCUT2D eigenvalue weighted by atomic mass is 16.5. The van der Waals surface area contributed by atoms with E-state index in [4.69, 9.17) is 14.2 Å². The molecule has 0 saturated carbocycles. The molecule has 6 rings (SSSR count). The molecule has 1 aromatic carbocycles. The lowest BCUT2D eigenvalue weighted by Gasteiger charge is -2.45. The van der Waals surface area contributed by atoms with E-state index in [1.165, 1.54) is 0 Å². The van der Waals surface area contributed by atoms with Crippen molar-refractivity contribution in [1.29, 1.82) is 0 Å². The van der Waals surface area contributed by atoms with Gasteiger partial charge in [-0.3, -0.25) is 14.5 Å². The van der Waals surface area contributed by atoms with Gasteiger partial charge < -0.3 is 29.7 Å². The van der Waals surface area contributed by atoms with Crippen molar-refractivity contribution in [3.8, 4) is 5.75 Å². The summed E-state index contributed by atoms with van der Waals surface area (Å²) in [5.41, 5.74) is 1.25. The van der Waals surface area contributed by atoms with Crippen LogP contribution in [0.4, 0.5) is 0 Å². The number of carbonyl (C=O) groups is 2. The molecule has 41 heavy (non-hydrogen) atoms. The molecule has 4 aliphatic rings. The summed E-state index contributed by atoms with van der Waals surface area (Å²) < 4.78 is 19.8. The summed E-state index contributed by atoms with van der Waals surface area (Å²) >= 11 is 0. The quantitative estimate of drug-likeness (QED) is 0.557. The van der Waals surface area contributed by atoms with Crippen LogP contribution in [0.5, 0.6) is 5.75 Å². The van der Waals surface area contributed by atoms with Gasteiger partial charge >= 0.3 is 0 Å². The van der Waals surface area contributed by atoms with Gasteiger partial charge in [-0.1, -0.05) is 17.3 Å². The summed E-state index contributed by atoms with van der Waals surface area (Å²) in [5.74, 6) is 0.231. The Morgan fingerprint density at radius 3 is 2.78 bits per heavy atom. The lowest BCUT2D eigenvalue weighted by Crippen LogP contribution is -2.63. The topological polar surface area (TPSA) is 123 Å². The Bertz CT molecular complexity index is 1200. The highest BCUT2D eigenvalue weighted by molar-refractivity contribution is 6.00. The predicted molar refractivity (Wildman–Crippen MR) is 150 cm³/mol. The molecule has 222 valence electrons. The van der Waals surface area contributed by atoms with Gasteiger partial charge in [0.15, 0.2) is 0 Å². The lowest BCUT2D eigenvalue weighted by molar-refractivity contribution is -0.131. The number of amides is 2. The molecule has 4 atom stereocenters. The maximum absolute atomic E-state index is 13.9. The summed E-state index contributed by atoms with van der Waals surface area (Å²) in [5, 5.41) is 15.2. The molecule has 3 fully saturated rings. The summed E-state index contributed by atoms with van der Waals surface area (Å²) in [4.78, 5) is 32.0. The first-order valence-corrected chi connectivity index (χ1v) is 14.9. The monoisotopic (exact) mass is 567 g/mol. The minimum absolute atomic E-state index is 0.0255. The van der Waals surface area contributed by atoms with Crippen molar-refractivity contribution in [2.24, 2.45) is 0 Å². The summed E-state index contributed by atoms with van der Waals surface area (Å²) in [6.07, 6.45) is 6.02. The second-order valence-corrected chi connectivity index (χ2v) is 11.4. The number of piperazine rings is 1. The van der Waals surface area contributed by atoms with Crippen molar-refractivity contribution < 1.29 is 23.8 Å². The van der Waals surface area contributed by atoms with Gasteiger partial charge in [-0.05, 0) is 50.9 Å². The summed E-state index contributed by atoms with van der Waals surface area (Å²) in [7, 11) is 1.63. The average Bonchev–Trinajstić information content (AvgIpc) is 3.48. The molecule has 0 radical (unpaired) electrons. The highest BCUT2D eigenvalue weighted by Gasteiger charge is 2.40. The number of rotatable bonds is 4. The fourth-order valence-corrected chi connectivity index (χ4v) is 6.66. The first-order valence-electron chi connectivity index (χ1n) is 14.9. The smallest absolute Gasteiger partial charge is 0.258 e. The van der Waals surface area contributed by atoms with Crippen LogP contribution in [0.2, 0.25) is 0 Å². The normalized spacial score (nSPS) is 28.7. The largest absolute Gasteiger partial charge is 0.493 e. The van der Waals surface area contributed by atoms with Crippen LogP contribution < -0.4 is 15.4 Å². The molecule has 0 unspecified atom stereocenters. The Morgan fingerprint density at radius 1 is 1.07 bits per heavy atom. The highest BCUT2D eigenvalue weighted by Crippen LogP contribution is 2.31. The number of hydrogen-bond acceptors (Lipinski definition) is 9. The van der Waals surface area contributed by atoms with Crippen LogP contribution >= 0.6 is 0 Å². The summed E-state index contributed by atoms with van der Waals surface area (Å²) in [6, 6.07) is 7.08. The van der Waals surface area contributed by atoms with Crippen LogP contribution in [-0.4, -0.2) is 114 Å². The Labute approximate surface area is 240 Å². The van der Waals surface area contributed by atoms with E-state index in [0.717, 1.165) is 51.0 Å². The van der Waals surface area contributed by atoms with Crippen LogP contribution in [-0.2, 0) is 20.9 Å². The third-order valence-electron chi connectivity index (χ3n) is 8.86. The maximum Gasteiger partial charge on any atom is 0.258 e. The van der Waals surface area contributed by atoms with Gasteiger partial charge in [-0.25, -0.2) is 4.68 Å². The number of para-hydroxylation sites is 1. The number of nitrogens with zero attached hydrogens (tertiary/aromatic N) is 5. The van der Waals surface area contributed by atoms with Crippen LogP contribution in [0.15, 0.2) is 30.5 Å². The van der Waals surface area contributed by atoms with E-state index in [0.29, 0.717) is 56.6 Å². The van der Waals surface area contributed by atoms with Gasteiger partial charge in [0.2, 0.25) is 5.91 Å². The number of piperidine rings is 1. The van der Waals surface area contributed by atoms with E-state index in [2.05, 4.69) is 25.8 Å². The number of nitrogens with one attached hydrogen (secondary N) is 2. The number of benzene rings is 1. The second-order valence-electron chi connectivity index (χ2n) is 11.4. The van der Waals surface area contributed by atoms with Crippen molar-refractivity contribution in [2.45, 2.75) is 69.0 Å². The molecule has 12 nitrogen and oxygen atoms in total. The molecule has 0 spiro atoms. The van der Waals surface area contributed by atoms with Crippen LogP contribution in [0.1, 0.15) is 54.2 Å². The zero-order chi connectivity index (χ0) is 28.2. The number of methoxy groups -OCH3 is 1. The zero-order valence-corrected chi connectivity index (χ0v) is 23.7. The molecule has 2 aromatic rings. The van der Waals surface area contributed by atoms with Crippen LogP contribution in [0, 0.1) is 0 Å². The number of aromatic nitrogens is 3. The van der Waals surface area contributed by atoms with E-state index in [1.807, 2.05) is 29.1 Å². The Balaban J connectivity index is 1.27. The molecular formula is C29H41N7O5. The van der Waals surface area contributed by atoms with Crippen molar-refractivity contribution in [1.82, 2.24) is 35.4 Å². The van der Waals surface area contributed by atoms with E-state index in [9.17, 15) is 9.59 Å². The first-order chi connectivity index (χ1) is 20.1. The molecule has 4 aliphatic heterocycles. The lowest BCUT2D eigenvalue weighted by atomic mass is 9.96. The van der Waals surface area contributed by atoms with Crippen molar-refractivity contribution in [3.05, 3.63) is 41.7 Å². The Hall–Kier alpha value is -3.06. The number of hydrogen-bond donors (Lipinski definition) is 2. The molecule has 2 amide bonds. The fraction of sp³-hybridized carbons (Fsp3) is 0.655. The standard InChI is InChI=1S/C29H41N7O5/c1-39-19-20-17-36(33-32-20)24-7-6-22-10-15-40-26-5-3-2-4-23(26)29(38)35-14-13-34(21-8-11-30-12-9-21)18-25(35)28(37)31-16-27(24)41-22/h2-5,17,21-22,24-25,27,30H,6-16,18-19H2,1H3,(H,31,37)/t22-,24+,25-,27+/m0/s1. The van der Waals surface area contributed by atoms with Gasteiger partial charge in [0.05, 0.1) is 43.2 Å². The second kappa shape index (κ2) is 12.8. The predicted octanol–water partition coefficient (Wildman–Crippen LogP) is 0.991. The molecule has 0 aliphatic carbocycles. The molecular weight excluding hydrogens is 526 g/mol. The van der Waals surface area contributed by atoms with Gasteiger partial charge in [0.1, 0.15) is 17.5 Å².